The van der Waals surface area contributed by atoms with E-state index in [4.69, 9.17) is 10.5 Å². The van der Waals surface area contributed by atoms with Crippen LogP contribution in [0, 0.1) is 6.92 Å². The van der Waals surface area contributed by atoms with E-state index in [1.165, 1.54) is 4.31 Å². The molecule has 1 fully saturated rings. The summed E-state index contributed by atoms with van der Waals surface area (Å²) in [5, 5.41) is 0. The van der Waals surface area contributed by atoms with Gasteiger partial charge in [-0.05, 0) is 44.0 Å². The van der Waals surface area contributed by atoms with Gasteiger partial charge in [0, 0.05) is 19.1 Å². The molecule has 1 aliphatic heterocycles. The van der Waals surface area contributed by atoms with Gasteiger partial charge in [-0.2, -0.15) is 4.31 Å². The number of morpholine rings is 1. The van der Waals surface area contributed by atoms with Gasteiger partial charge in [-0.25, -0.2) is 8.42 Å². The monoisotopic (exact) mass is 298 g/mol. The molecular formula is C14H22N2O3S. The van der Waals surface area contributed by atoms with Crippen LogP contribution in [-0.4, -0.2) is 38.0 Å². The molecule has 0 aliphatic carbocycles. The van der Waals surface area contributed by atoms with Gasteiger partial charge in [0.15, 0.2) is 0 Å². The fraction of sp³-hybridized carbons (Fsp3) is 0.571. The van der Waals surface area contributed by atoms with Gasteiger partial charge in [-0.15, -0.1) is 0 Å². The Morgan fingerprint density at radius 2 is 2.10 bits per heavy atom. The number of benzene rings is 1. The minimum atomic E-state index is -3.48. The number of ether oxygens (including phenoxy) is 1. The molecule has 6 heteroatoms. The Bertz CT molecular complexity index is 586. The highest BCUT2D eigenvalue weighted by Crippen LogP contribution is 2.24. The minimum Gasteiger partial charge on any atom is -0.375 e. The summed E-state index contributed by atoms with van der Waals surface area (Å²) < 4.78 is 32.5. The lowest BCUT2D eigenvalue weighted by atomic mass is 10.1. The molecule has 2 N–H and O–H groups in total. The zero-order valence-corrected chi connectivity index (χ0v) is 13.0. The van der Waals surface area contributed by atoms with Crippen LogP contribution in [0.25, 0.3) is 0 Å². The fourth-order valence-corrected chi connectivity index (χ4v) is 4.18. The van der Waals surface area contributed by atoms with E-state index >= 15 is 0 Å². The van der Waals surface area contributed by atoms with Crippen molar-refractivity contribution in [2.24, 2.45) is 5.73 Å². The molecule has 1 aliphatic rings. The first-order valence-electron chi connectivity index (χ1n) is 6.79. The molecule has 0 aromatic heterocycles. The first-order chi connectivity index (χ1) is 9.36. The maximum atomic E-state index is 12.7. The lowest BCUT2D eigenvalue weighted by molar-refractivity contribution is -0.0170. The average molecular weight is 298 g/mol. The largest absolute Gasteiger partial charge is 0.375 e. The van der Waals surface area contributed by atoms with E-state index in [-0.39, 0.29) is 12.1 Å². The summed E-state index contributed by atoms with van der Waals surface area (Å²) >= 11 is 0. The van der Waals surface area contributed by atoms with Crippen LogP contribution in [-0.2, 0) is 21.3 Å². The van der Waals surface area contributed by atoms with Crippen molar-refractivity contribution in [3.05, 3.63) is 29.3 Å². The van der Waals surface area contributed by atoms with Gasteiger partial charge in [-0.3, -0.25) is 0 Å². The fourth-order valence-electron chi connectivity index (χ4n) is 2.40. The molecule has 20 heavy (non-hydrogen) atoms. The predicted octanol–water partition coefficient (Wildman–Crippen LogP) is 1.25. The van der Waals surface area contributed by atoms with Crippen molar-refractivity contribution < 1.29 is 13.2 Å². The molecule has 1 aromatic carbocycles. The Balaban J connectivity index is 2.36. The van der Waals surface area contributed by atoms with E-state index in [0.717, 1.165) is 11.1 Å². The van der Waals surface area contributed by atoms with Gasteiger partial charge >= 0.3 is 0 Å². The van der Waals surface area contributed by atoms with E-state index in [1.54, 1.807) is 18.2 Å². The normalized spacial score (nSPS) is 24.8. The highest BCUT2D eigenvalue weighted by Gasteiger charge is 2.34. The summed E-state index contributed by atoms with van der Waals surface area (Å²) in [7, 11) is -3.48. The van der Waals surface area contributed by atoms with Crippen LogP contribution in [0.15, 0.2) is 23.1 Å². The number of sulfonamides is 1. The number of rotatable bonds is 3. The molecule has 2 rings (SSSR count). The highest BCUT2D eigenvalue weighted by molar-refractivity contribution is 7.89. The van der Waals surface area contributed by atoms with Crippen molar-refractivity contribution in [2.45, 2.75) is 44.4 Å². The van der Waals surface area contributed by atoms with E-state index in [2.05, 4.69) is 0 Å². The van der Waals surface area contributed by atoms with Gasteiger partial charge in [0.25, 0.3) is 0 Å². The van der Waals surface area contributed by atoms with Gasteiger partial charge in [-0.1, -0.05) is 6.07 Å². The van der Waals surface area contributed by atoms with E-state index < -0.39 is 10.0 Å². The Morgan fingerprint density at radius 1 is 1.40 bits per heavy atom. The molecule has 0 amide bonds. The van der Waals surface area contributed by atoms with Gasteiger partial charge in [0.1, 0.15) is 0 Å². The third-order valence-electron chi connectivity index (χ3n) is 3.69. The number of hydrogen-bond donors (Lipinski definition) is 1. The zero-order valence-electron chi connectivity index (χ0n) is 12.2. The summed E-state index contributed by atoms with van der Waals surface area (Å²) in [6.07, 6.45) is -0.0783. The molecular weight excluding hydrogens is 276 g/mol. The van der Waals surface area contributed by atoms with Crippen molar-refractivity contribution in [3.63, 3.8) is 0 Å². The summed E-state index contributed by atoms with van der Waals surface area (Å²) in [6.45, 7) is 6.87. The molecule has 2 unspecified atom stereocenters. The first kappa shape index (κ1) is 15.4. The number of hydrogen-bond acceptors (Lipinski definition) is 4. The molecule has 1 heterocycles. The Morgan fingerprint density at radius 3 is 2.70 bits per heavy atom. The van der Waals surface area contributed by atoms with Crippen LogP contribution < -0.4 is 5.73 Å². The van der Waals surface area contributed by atoms with Crippen LogP contribution in [0.5, 0.6) is 0 Å². The second kappa shape index (κ2) is 5.81. The van der Waals surface area contributed by atoms with Gasteiger partial charge in [0.05, 0.1) is 17.6 Å². The maximum absolute atomic E-state index is 12.7. The maximum Gasteiger partial charge on any atom is 0.243 e. The minimum absolute atomic E-state index is 0.0783. The molecule has 1 aromatic rings. The lowest BCUT2D eigenvalue weighted by Crippen LogP contribution is -2.50. The molecule has 0 radical (unpaired) electrons. The number of nitrogens with zero attached hydrogens (tertiary/aromatic N) is 1. The first-order valence-corrected chi connectivity index (χ1v) is 8.23. The van der Waals surface area contributed by atoms with Crippen molar-refractivity contribution in [2.75, 3.05) is 13.2 Å². The zero-order chi connectivity index (χ0) is 14.9. The number of nitrogens with two attached hydrogens (primary N) is 1. The average Bonchev–Trinajstić information content (AvgIpc) is 2.41. The molecule has 112 valence electrons. The third-order valence-corrected chi connectivity index (χ3v) is 5.67. The molecule has 0 spiro atoms. The van der Waals surface area contributed by atoms with Gasteiger partial charge < -0.3 is 10.5 Å². The molecule has 1 saturated heterocycles. The van der Waals surface area contributed by atoms with Crippen molar-refractivity contribution >= 4 is 10.0 Å². The Kier molecular flexibility index (Phi) is 4.49. The second-order valence-corrected chi connectivity index (χ2v) is 7.25. The Labute approximate surface area is 120 Å². The summed E-state index contributed by atoms with van der Waals surface area (Å²) in [6, 6.07) is 4.98. The van der Waals surface area contributed by atoms with E-state index in [1.807, 2.05) is 20.8 Å². The Hall–Kier alpha value is -0.950. The van der Waals surface area contributed by atoms with Gasteiger partial charge in [0.2, 0.25) is 10.0 Å². The predicted molar refractivity (Wildman–Crippen MR) is 77.8 cm³/mol. The van der Waals surface area contributed by atoms with Crippen LogP contribution in [0.2, 0.25) is 0 Å². The van der Waals surface area contributed by atoms with Crippen LogP contribution in [0.4, 0.5) is 0 Å². The second-order valence-electron chi connectivity index (χ2n) is 5.36. The van der Waals surface area contributed by atoms with Crippen molar-refractivity contribution in [1.82, 2.24) is 4.31 Å². The van der Waals surface area contributed by atoms with E-state index in [0.29, 0.717) is 24.6 Å². The number of aryl methyl sites for hydroxylation is 1. The lowest BCUT2D eigenvalue weighted by Gasteiger charge is -2.35. The molecule has 2 atom stereocenters. The summed E-state index contributed by atoms with van der Waals surface area (Å²) in [4.78, 5) is 0.327. The molecule has 5 nitrogen and oxygen atoms in total. The van der Waals surface area contributed by atoms with Crippen molar-refractivity contribution in [3.8, 4) is 0 Å². The molecule has 0 saturated carbocycles. The smallest absolute Gasteiger partial charge is 0.243 e. The summed E-state index contributed by atoms with van der Waals surface area (Å²) in [5.74, 6) is 0. The van der Waals surface area contributed by atoms with Crippen molar-refractivity contribution in [1.29, 1.82) is 0 Å². The molecule has 0 bridgehead atoms. The SMILES string of the molecule is Cc1cc(S(=O)(=O)N2CC(C)OCC2C)ccc1CN. The summed E-state index contributed by atoms with van der Waals surface area (Å²) in [5.41, 5.74) is 7.49. The third kappa shape index (κ3) is 2.88. The van der Waals surface area contributed by atoms with Crippen LogP contribution >= 0.6 is 0 Å². The highest BCUT2D eigenvalue weighted by atomic mass is 32.2. The topological polar surface area (TPSA) is 72.6 Å². The van der Waals surface area contributed by atoms with E-state index in [9.17, 15) is 8.42 Å². The standard InChI is InChI=1S/C14H22N2O3S/c1-10-6-14(5-4-13(10)7-15)20(17,18)16-8-12(3)19-9-11(16)2/h4-6,11-12H,7-9,15H2,1-3H3. The van der Waals surface area contributed by atoms with Crippen LogP contribution in [0.1, 0.15) is 25.0 Å². The van der Waals surface area contributed by atoms with Crippen LogP contribution in [0.3, 0.4) is 0 Å². The quantitative estimate of drug-likeness (QED) is 0.911.